The number of nitro benzene ring substituents is 1. The Morgan fingerprint density at radius 1 is 1.30 bits per heavy atom. The van der Waals surface area contributed by atoms with E-state index < -0.39 is 4.92 Å². The maximum Gasteiger partial charge on any atom is 0.273 e. The predicted molar refractivity (Wildman–Crippen MR) is 73.3 cm³/mol. The van der Waals surface area contributed by atoms with Crippen LogP contribution in [0, 0.1) is 24.0 Å². The Balaban J connectivity index is 2.18. The van der Waals surface area contributed by atoms with Crippen molar-refractivity contribution in [3.8, 4) is 5.75 Å². The van der Waals surface area contributed by atoms with Crippen LogP contribution in [0.2, 0.25) is 0 Å². The van der Waals surface area contributed by atoms with Gasteiger partial charge in [-0.2, -0.15) is 0 Å². The van der Waals surface area contributed by atoms with E-state index in [2.05, 4.69) is 9.97 Å². The highest BCUT2D eigenvalue weighted by Gasteiger charge is 2.10. The standard InChI is InChI=1S/C13H14N4O3/c1-8-3-4-10(17(18)19)6-11(8)20-7-13-15-9(2)5-12(14)16-13/h3-6H,7H2,1-2H3,(H2,14,15,16). The molecule has 7 nitrogen and oxygen atoms in total. The van der Waals surface area contributed by atoms with Gasteiger partial charge in [-0.3, -0.25) is 10.1 Å². The highest BCUT2D eigenvalue weighted by molar-refractivity contribution is 5.43. The van der Waals surface area contributed by atoms with Crippen LogP contribution in [0.1, 0.15) is 17.1 Å². The molecule has 0 aliphatic heterocycles. The van der Waals surface area contributed by atoms with E-state index in [4.69, 9.17) is 10.5 Å². The number of aromatic nitrogens is 2. The number of nitrogens with zero attached hydrogens (tertiary/aromatic N) is 3. The number of non-ortho nitro benzene ring substituents is 1. The molecule has 1 aromatic carbocycles. The zero-order valence-electron chi connectivity index (χ0n) is 11.2. The van der Waals surface area contributed by atoms with Gasteiger partial charge in [-0.15, -0.1) is 0 Å². The fourth-order valence-electron chi connectivity index (χ4n) is 1.72. The van der Waals surface area contributed by atoms with Crippen molar-refractivity contribution < 1.29 is 9.66 Å². The molecule has 0 saturated carbocycles. The lowest BCUT2D eigenvalue weighted by atomic mass is 10.2. The van der Waals surface area contributed by atoms with Gasteiger partial charge >= 0.3 is 0 Å². The van der Waals surface area contributed by atoms with Gasteiger partial charge in [-0.1, -0.05) is 0 Å². The van der Waals surface area contributed by atoms with Crippen molar-refractivity contribution in [2.45, 2.75) is 20.5 Å². The summed E-state index contributed by atoms with van der Waals surface area (Å²) < 4.78 is 5.54. The second kappa shape index (κ2) is 5.52. The minimum Gasteiger partial charge on any atom is -0.485 e. The predicted octanol–water partition coefficient (Wildman–Crippen LogP) is 2.16. The normalized spacial score (nSPS) is 10.3. The average Bonchev–Trinajstić information content (AvgIpc) is 2.36. The minimum atomic E-state index is -0.465. The number of anilines is 1. The van der Waals surface area contributed by atoms with Crippen LogP contribution in [-0.2, 0) is 6.61 Å². The molecule has 0 fully saturated rings. The quantitative estimate of drug-likeness (QED) is 0.676. The molecule has 2 aromatic rings. The summed E-state index contributed by atoms with van der Waals surface area (Å²) in [5, 5.41) is 10.7. The summed E-state index contributed by atoms with van der Waals surface area (Å²) in [7, 11) is 0. The van der Waals surface area contributed by atoms with E-state index in [9.17, 15) is 10.1 Å². The van der Waals surface area contributed by atoms with Crippen LogP contribution in [0.4, 0.5) is 11.5 Å². The lowest BCUT2D eigenvalue weighted by molar-refractivity contribution is -0.385. The molecule has 20 heavy (non-hydrogen) atoms. The zero-order chi connectivity index (χ0) is 14.7. The van der Waals surface area contributed by atoms with Crippen molar-refractivity contribution in [3.63, 3.8) is 0 Å². The highest BCUT2D eigenvalue weighted by Crippen LogP contribution is 2.24. The third kappa shape index (κ3) is 3.19. The smallest absolute Gasteiger partial charge is 0.273 e. The van der Waals surface area contributed by atoms with Crippen LogP contribution < -0.4 is 10.5 Å². The molecule has 2 rings (SSSR count). The first-order valence-electron chi connectivity index (χ1n) is 5.93. The molecule has 0 amide bonds. The van der Waals surface area contributed by atoms with Crippen molar-refractivity contribution in [2.75, 3.05) is 5.73 Å². The number of ether oxygens (including phenoxy) is 1. The Hall–Kier alpha value is -2.70. The molecule has 104 valence electrons. The molecule has 0 saturated heterocycles. The summed E-state index contributed by atoms with van der Waals surface area (Å²) >= 11 is 0. The molecule has 0 atom stereocenters. The topological polar surface area (TPSA) is 104 Å². The van der Waals surface area contributed by atoms with Gasteiger partial charge in [0.1, 0.15) is 18.2 Å². The number of hydrogen-bond acceptors (Lipinski definition) is 6. The van der Waals surface area contributed by atoms with Gasteiger partial charge in [0.25, 0.3) is 5.69 Å². The van der Waals surface area contributed by atoms with Gasteiger partial charge in [0.15, 0.2) is 5.82 Å². The third-order valence-electron chi connectivity index (χ3n) is 2.66. The van der Waals surface area contributed by atoms with E-state index >= 15 is 0 Å². The number of benzene rings is 1. The van der Waals surface area contributed by atoms with Gasteiger partial charge < -0.3 is 10.5 Å². The van der Waals surface area contributed by atoms with Crippen LogP contribution >= 0.6 is 0 Å². The SMILES string of the molecule is Cc1cc(N)nc(COc2cc([N+](=O)[O-])ccc2C)n1. The van der Waals surface area contributed by atoms with Gasteiger partial charge in [-0.25, -0.2) is 9.97 Å². The van der Waals surface area contributed by atoms with Gasteiger partial charge in [0.2, 0.25) is 0 Å². The molecule has 1 aromatic heterocycles. The number of rotatable bonds is 4. The Kier molecular flexibility index (Phi) is 3.79. The number of nitrogen functional groups attached to an aromatic ring is 1. The van der Waals surface area contributed by atoms with E-state index in [1.54, 1.807) is 19.1 Å². The first kappa shape index (κ1) is 13.7. The Labute approximate surface area is 115 Å². The molecule has 0 aliphatic carbocycles. The molecular formula is C13H14N4O3. The molecule has 0 aliphatic rings. The molecule has 2 N–H and O–H groups in total. The van der Waals surface area contributed by atoms with Crippen molar-refractivity contribution >= 4 is 11.5 Å². The molecule has 1 heterocycles. The van der Waals surface area contributed by atoms with Gasteiger partial charge in [-0.05, 0) is 25.5 Å². The van der Waals surface area contributed by atoms with Crippen LogP contribution in [0.5, 0.6) is 5.75 Å². The zero-order valence-corrected chi connectivity index (χ0v) is 11.2. The maximum absolute atomic E-state index is 10.7. The van der Waals surface area contributed by atoms with Crippen molar-refractivity contribution in [2.24, 2.45) is 0 Å². The largest absolute Gasteiger partial charge is 0.485 e. The molecule has 7 heteroatoms. The first-order valence-corrected chi connectivity index (χ1v) is 5.93. The fraction of sp³-hybridized carbons (Fsp3) is 0.231. The van der Waals surface area contributed by atoms with Gasteiger partial charge in [0.05, 0.1) is 11.0 Å². The Morgan fingerprint density at radius 2 is 2.05 bits per heavy atom. The Morgan fingerprint density at radius 3 is 2.70 bits per heavy atom. The lowest BCUT2D eigenvalue weighted by Crippen LogP contribution is -2.06. The molecule has 0 unspecified atom stereocenters. The fourth-order valence-corrected chi connectivity index (χ4v) is 1.72. The van der Waals surface area contributed by atoms with Crippen molar-refractivity contribution in [3.05, 3.63) is 51.5 Å². The number of nitro groups is 1. The van der Waals surface area contributed by atoms with Gasteiger partial charge in [0, 0.05) is 17.8 Å². The van der Waals surface area contributed by atoms with E-state index in [0.717, 1.165) is 11.3 Å². The molecule has 0 spiro atoms. The van der Waals surface area contributed by atoms with E-state index in [1.807, 2.05) is 6.92 Å². The minimum absolute atomic E-state index is 0.0183. The van der Waals surface area contributed by atoms with Crippen molar-refractivity contribution in [1.29, 1.82) is 0 Å². The summed E-state index contributed by atoms with van der Waals surface area (Å²) in [4.78, 5) is 18.5. The second-order valence-electron chi connectivity index (χ2n) is 4.35. The summed E-state index contributed by atoms with van der Waals surface area (Å²) in [5.41, 5.74) is 7.15. The van der Waals surface area contributed by atoms with E-state index in [-0.39, 0.29) is 12.3 Å². The number of hydrogen-bond donors (Lipinski definition) is 1. The third-order valence-corrected chi connectivity index (χ3v) is 2.66. The average molecular weight is 274 g/mol. The molecule has 0 radical (unpaired) electrons. The lowest BCUT2D eigenvalue weighted by Gasteiger charge is -2.08. The molecular weight excluding hydrogens is 260 g/mol. The summed E-state index contributed by atoms with van der Waals surface area (Å²) in [6.45, 7) is 3.72. The second-order valence-corrected chi connectivity index (χ2v) is 4.35. The number of aryl methyl sites for hydroxylation is 2. The summed E-state index contributed by atoms with van der Waals surface area (Å²) in [5.74, 6) is 1.24. The summed E-state index contributed by atoms with van der Waals surface area (Å²) in [6.07, 6.45) is 0. The van der Waals surface area contributed by atoms with Crippen molar-refractivity contribution in [1.82, 2.24) is 9.97 Å². The van der Waals surface area contributed by atoms with Crippen LogP contribution in [0.25, 0.3) is 0 Å². The Bertz CT molecular complexity index is 638. The highest BCUT2D eigenvalue weighted by atomic mass is 16.6. The van der Waals surface area contributed by atoms with Crippen LogP contribution in [0.15, 0.2) is 24.3 Å². The number of nitrogens with two attached hydrogens (primary N) is 1. The monoisotopic (exact) mass is 274 g/mol. The van der Waals surface area contributed by atoms with Crippen LogP contribution in [-0.4, -0.2) is 14.9 Å². The summed E-state index contributed by atoms with van der Waals surface area (Å²) in [6, 6.07) is 6.11. The van der Waals surface area contributed by atoms with Crippen LogP contribution in [0.3, 0.4) is 0 Å². The molecule has 0 bridgehead atoms. The van der Waals surface area contributed by atoms with E-state index in [0.29, 0.717) is 17.4 Å². The first-order chi connectivity index (χ1) is 9.45. The maximum atomic E-state index is 10.7. The van der Waals surface area contributed by atoms with E-state index in [1.165, 1.54) is 12.1 Å².